The van der Waals surface area contributed by atoms with Crippen LogP contribution in [0.1, 0.15) is 50.7 Å². The lowest BCUT2D eigenvalue weighted by molar-refractivity contribution is -0.127. The van der Waals surface area contributed by atoms with Gasteiger partial charge in [0.25, 0.3) is 0 Å². The van der Waals surface area contributed by atoms with E-state index < -0.39 is 0 Å². The van der Waals surface area contributed by atoms with E-state index in [0.717, 1.165) is 69.0 Å². The van der Waals surface area contributed by atoms with Crippen LogP contribution < -0.4 is 10.6 Å². The fourth-order valence-electron chi connectivity index (χ4n) is 4.90. The second-order valence-corrected chi connectivity index (χ2v) is 8.25. The van der Waals surface area contributed by atoms with Gasteiger partial charge in [0.2, 0.25) is 5.91 Å². The lowest BCUT2D eigenvalue weighted by atomic mass is 9.95. The van der Waals surface area contributed by atoms with Crippen LogP contribution in [0.2, 0.25) is 0 Å². The van der Waals surface area contributed by atoms with Gasteiger partial charge in [-0.05, 0) is 56.1 Å². The fourth-order valence-corrected chi connectivity index (χ4v) is 4.90. The van der Waals surface area contributed by atoms with Crippen LogP contribution >= 0.6 is 0 Å². The molecule has 27 heavy (non-hydrogen) atoms. The number of aliphatic imine (C=N–C) groups is 1. The third-order valence-corrected chi connectivity index (χ3v) is 6.33. The van der Waals surface area contributed by atoms with E-state index in [4.69, 9.17) is 9.41 Å². The van der Waals surface area contributed by atoms with Crippen molar-refractivity contribution in [2.45, 2.75) is 57.4 Å². The van der Waals surface area contributed by atoms with Crippen LogP contribution in [0.3, 0.4) is 0 Å². The highest BCUT2D eigenvalue weighted by Gasteiger charge is 2.39. The minimum absolute atomic E-state index is 0.302. The van der Waals surface area contributed by atoms with Crippen molar-refractivity contribution < 1.29 is 9.21 Å². The Morgan fingerprint density at radius 1 is 1.33 bits per heavy atom. The molecule has 2 N–H and O–H groups in total. The molecular weight excluding hydrogens is 340 g/mol. The molecule has 4 rings (SSSR count). The molecule has 1 aromatic heterocycles. The molecule has 0 spiro atoms. The Kier molecular flexibility index (Phi) is 6.00. The molecule has 148 valence electrons. The van der Waals surface area contributed by atoms with Crippen molar-refractivity contribution in [1.29, 1.82) is 0 Å². The van der Waals surface area contributed by atoms with E-state index in [-0.39, 0.29) is 0 Å². The molecule has 0 aromatic carbocycles. The third kappa shape index (κ3) is 4.85. The minimum atomic E-state index is 0.302. The average molecular weight is 373 g/mol. The number of rotatable bonds is 8. The maximum Gasteiger partial charge on any atom is 0.222 e. The lowest BCUT2D eigenvalue weighted by Crippen LogP contribution is -2.46. The van der Waals surface area contributed by atoms with Gasteiger partial charge in [0.1, 0.15) is 5.76 Å². The van der Waals surface area contributed by atoms with Crippen molar-refractivity contribution in [3.05, 3.63) is 24.2 Å². The van der Waals surface area contributed by atoms with Gasteiger partial charge in [-0.1, -0.05) is 6.42 Å². The summed E-state index contributed by atoms with van der Waals surface area (Å²) in [4.78, 5) is 18.5. The maximum atomic E-state index is 11.7. The second kappa shape index (κ2) is 8.81. The van der Waals surface area contributed by atoms with E-state index in [1.165, 1.54) is 25.7 Å². The van der Waals surface area contributed by atoms with Crippen LogP contribution in [0.25, 0.3) is 0 Å². The number of carbonyl (C=O) groups is 1. The molecule has 3 unspecified atom stereocenters. The summed E-state index contributed by atoms with van der Waals surface area (Å²) in [5.41, 5.74) is 0. The molecule has 2 saturated carbocycles. The van der Waals surface area contributed by atoms with Gasteiger partial charge in [-0.25, -0.2) is 0 Å². The van der Waals surface area contributed by atoms with Crippen LogP contribution in [-0.2, 0) is 11.2 Å². The van der Waals surface area contributed by atoms with Gasteiger partial charge in [0, 0.05) is 45.1 Å². The predicted molar refractivity (Wildman–Crippen MR) is 106 cm³/mol. The Morgan fingerprint density at radius 3 is 3.00 bits per heavy atom. The Balaban J connectivity index is 1.26. The molecule has 1 saturated heterocycles. The SMILES string of the molecule is O=C1CCCN1CCCN=C(NCCc1ccco1)NC1CC2CCC1C2. The summed E-state index contributed by atoms with van der Waals surface area (Å²) in [6.07, 6.45) is 10.7. The number of amides is 1. The van der Waals surface area contributed by atoms with Crippen molar-refractivity contribution >= 4 is 11.9 Å². The molecule has 1 aliphatic heterocycles. The van der Waals surface area contributed by atoms with Crippen molar-refractivity contribution in [2.75, 3.05) is 26.2 Å². The summed E-state index contributed by atoms with van der Waals surface area (Å²) in [5.74, 6) is 3.95. The normalized spacial score (nSPS) is 27.6. The third-order valence-electron chi connectivity index (χ3n) is 6.33. The summed E-state index contributed by atoms with van der Waals surface area (Å²) in [7, 11) is 0. The molecule has 6 heteroatoms. The smallest absolute Gasteiger partial charge is 0.222 e. The Labute approximate surface area is 161 Å². The molecule has 0 radical (unpaired) electrons. The minimum Gasteiger partial charge on any atom is -0.469 e. The predicted octanol–water partition coefficient (Wildman–Crippen LogP) is 2.56. The topological polar surface area (TPSA) is 69.9 Å². The summed E-state index contributed by atoms with van der Waals surface area (Å²) in [5, 5.41) is 7.17. The first-order valence-corrected chi connectivity index (χ1v) is 10.6. The number of fused-ring (bicyclic) bond motifs is 2. The second-order valence-electron chi connectivity index (χ2n) is 8.25. The van der Waals surface area contributed by atoms with E-state index in [1.807, 2.05) is 17.0 Å². The van der Waals surface area contributed by atoms with E-state index >= 15 is 0 Å². The highest BCUT2D eigenvalue weighted by molar-refractivity contribution is 5.80. The molecule has 2 heterocycles. The Bertz CT molecular complexity index is 643. The molecule has 2 bridgehead atoms. The summed E-state index contributed by atoms with van der Waals surface area (Å²) < 4.78 is 5.42. The zero-order valence-electron chi connectivity index (χ0n) is 16.2. The summed E-state index contributed by atoms with van der Waals surface area (Å²) in [6.45, 7) is 3.31. The highest BCUT2D eigenvalue weighted by Crippen LogP contribution is 2.44. The number of nitrogens with one attached hydrogen (secondary N) is 2. The highest BCUT2D eigenvalue weighted by atomic mass is 16.3. The fraction of sp³-hybridized carbons (Fsp3) is 0.714. The molecule has 2 aliphatic carbocycles. The van der Waals surface area contributed by atoms with Crippen LogP contribution in [0.4, 0.5) is 0 Å². The first-order chi connectivity index (χ1) is 13.3. The molecular formula is C21H32N4O2. The largest absolute Gasteiger partial charge is 0.469 e. The van der Waals surface area contributed by atoms with Crippen molar-refractivity contribution in [2.24, 2.45) is 16.8 Å². The van der Waals surface area contributed by atoms with Gasteiger partial charge in [-0.15, -0.1) is 0 Å². The van der Waals surface area contributed by atoms with Gasteiger partial charge in [-0.2, -0.15) is 0 Å². The number of furan rings is 1. The van der Waals surface area contributed by atoms with Crippen LogP contribution in [-0.4, -0.2) is 49.0 Å². The van der Waals surface area contributed by atoms with E-state index in [1.54, 1.807) is 6.26 Å². The first kappa shape index (κ1) is 18.4. The summed E-state index contributed by atoms with van der Waals surface area (Å²) >= 11 is 0. The monoisotopic (exact) mass is 372 g/mol. The van der Waals surface area contributed by atoms with Gasteiger partial charge < -0.3 is 20.0 Å². The number of guanidine groups is 1. The summed E-state index contributed by atoms with van der Waals surface area (Å²) in [6, 6.07) is 4.51. The number of hydrogen-bond acceptors (Lipinski definition) is 3. The standard InChI is InChI=1S/C21H32N4O2/c26-20-5-1-11-25(20)12-3-9-22-21(23-10-8-18-4-2-13-27-18)24-19-15-16-6-7-17(19)14-16/h2,4,13,16-17,19H,1,3,5-12,14-15H2,(H2,22,23,24). The molecule has 1 amide bonds. The van der Waals surface area contributed by atoms with Crippen LogP contribution in [0.5, 0.6) is 0 Å². The van der Waals surface area contributed by atoms with Gasteiger partial charge in [-0.3, -0.25) is 9.79 Å². The maximum absolute atomic E-state index is 11.7. The Morgan fingerprint density at radius 2 is 2.30 bits per heavy atom. The lowest BCUT2D eigenvalue weighted by Gasteiger charge is -2.25. The van der Waals surface area contributed by atoms with E-state index in [2.05, 4.69) is 10.6 Å². The van der Waals surface area contributed by atoms with Gasteiger partial charge >= 0.3 is 0 Å². The zero-order chi connectivity index (χ0) is 18.5. The molecule has 6 nitrogen and oxygen atoms in total. The van der Waals surface area contributed by atoms with E-state index in [9.17, 15) is 4.79 Å². The molecule has 3 aliphatic rings. The van der Waals surface area contributed by atoms with Crippen molar-refractivity contribution in [1.82, 2.24) is 15.5 Å². The quantitative estimate of drug-likeness (QED) is 0.418. The van der Waals surface area contributed by atoms with E-state index in [0.29, 0.717) is 18.4 Å². The van der Waals surface area contributed by atoms with Crippen molar-refractivity contribution in [3.8, 4) is 0 Å². The van der Waals surface area contributed by atoms with Crippen molar-refractivity contribution in [3.63, 3.8) is 0 Å². The number of carbonyl (C=O) groups excluding carboxylic acids is 1. The number of likely N-dealkylation sites (tertiary alicyclic amines) is 1. The first-order valence-electron chi connectivity index (χ1n) is 10.6. The van der Waals surface area contributed by atoms with Gasteiger partial charge in [0.15, 0.2) is 5.96 Å². The van der Waals surface area contributed by atoms with Crippen LogP contribution in [0, 0.1) is 11.8 Å². The Hall–Kier alpha value is -1.98. The number of nitrogens with zero attached hydrogens (tertiary/aromatic N) is 2. The number of hydrogen-bond donors (Lipinski definition) is 2. The zero-order valence-corrected chi connectivity index (χ0v) is 16.2. The average Bonchev–Trinajstić information content (AvgIpc) is 3.45. The molecule has 1 aromatic rings. The molecule has 3 fully saturated rings. The van der Waals surface area contributed by atoms with Crippen LogP contribution in [0.15, 0.2) is 27.8 Å². The van der Waals surface area contributed by atoms with Gasteiger partial charge in [0.05, 0.1) is 6.26 Å². The molecule has 3 atom stereocenters.